The maximum absolute atomic E-state index is 11.5. The zero-order valence-corrected chi connectivity index (χ0v) is 16.3. The van der Waals surface area contributed by atoms with Gasteiger partial charge in [0.25, 0.3) is 0 Å². The van der Waals surface area contributed by atoms with Crippen molar-refractivity contribution in [3.63, 3.8) is 0 Å². The first-order valence-electron chi connectivity index (χ1n) is 9.14. The van der Waals surface area contributed by atoms with Gasteiger partial charge in [-0.3, -0.25) is 0 Å². The Morgan fingerprint density at radius 3 is 2.04 bits per heavy atom. The summed E-state index contributed by atoms with van der Waals surface area (Å²) >= 11 is 3.49. The number of hydrogen-bond acceptors (Lipinski definition) is 2. The summed E-state index contributed by atoms with van der Waals surface area (Å²) in [5, 5.41) is 0. The summed E-state index contributed by atoms with van der Waals surface area (Å²) in [4.78, 5) is 14.5. The van der Waals surface area contributed by atoms with Crippen LogP contribution in [0.5, 0.6) is 0 Å². The molecule has 0 amide bonds. The van der Waals surface area contributed by atoms with Crippen LogP contribution < -0.4 is 0 Å². The number of nitrogens with one attached hydrogen (secondary N) is 1. The van der Waals surface area contributed by atoms with Crippen molar-refractivity contribution in [2.24, 2.45) is 0 Å². The molecule has 0 aliphatic heterocycles. The molecule has 0 saturated heterocycles. The summed E-state index contributed by atoms with van der Waals surface area (Å²) in [6, 6.07) is 0. The number of H-pyrrole nitrogens is 1. The highest BCUT2D eigenvalue weighted by atomic mass is 79.9. The monoisotopic (exact) mass is 385 g/mol. The zero-order chi connectivity index (χ0) is 16.9. The Bertz CT molecular complexity index is 443. The van der Waals surface area contributed by atoms with E-state index in [4.69, 9.17) is 4.74 Å². The number of carbonyl (C=O) groups excluding carboxylic acids is 1. The molecule has 4 heteroatoms. The molecule has 1 N–H and O–H groups in total. The zero-order valence-electron chi connectivity index (χ0n) is 14.8. The molecule has 0 atom stereocenters. The fraction of sp³-hybridized carbons (Fsp3) is 0.737. The van der Waals surface area contributed by atoms with E-state index < -0.39 is 0 Å². The predicted octanol–water partition coefficient (Wildman–Crippen LogP) is 6.42. The van der Waals surface area contributed by atoms with E-state index in [1.165, 1.54) is 83.3 Å². The van der Waals surface area contributed by atoms with E-state index in [1.807, 2.05) is 6.20 Å². The van der Waals surface area contributed by atoms with E-state index in [0.717, 1.165) is 10.9 Å². The lowest BCUT2D eigenvalue weighted by molar-refractivity contribution is 0.0593. The largest absolute Gasteiger partial charge is 0.464 e. The topological polar surface area (TPSA) is 42.1 Å². The predicted molar refractivity (Wildman–Crippen MR) is 100.0 cm³/mol. The Hall–Kier alpha value is -0.770. The molecule has 0 aromatic carbocycles. The number of aromatic nitrogens is 1. The third kappa shape index (κ3) is 8.05. The van der Waals surface area contributed by atoms with Crippen LogP contribution in [0.25, 0.3) is 0 Å². The maximum atomic E-state index is 11.5. The van der Waals surface area contributed by atoms with Crippen molar-refractivity contribution in [1.29, 1.82) is 0 Å². The van der Waals surface area contributed by atoms with Gasteiger partial charge >= 0.3 is 5.97 Å². The quantitative estimate of drug-likeness (QED) is 0.314. The lowest BCUT2D eigenvalue weighted by atomic mass is 10.0. The Kier molecular flexibility index (Phi) is 11.1. The van der Waals surface area contributed by atoms with Crippen molar-refractivity contribution in [3.8, 4) is 0 Å². The van der Waals surface area contributed by atoms with Gasteiger partial charge in [0, 0.05) is 6.20 Å². The standard InChI is InChI=1S/C19H32BrNO2/c1-3-4-5-6-7-8-9-10-11-12-13-14-16-15-21-18(17(16)20)19(22)23-2/h15,21H,3-14H2,1-2H3. The Balaban J connectivity index is 2.03. The van der Waals surface area contributed by atoms with Gasteiger partial charge in [0.05, 0.1) is 11.6 Å². The average Bonchev–Trinajstić information content (AvgIpc) is 2.93. The fourth-order valence-corrected chi connectivity index (χ4v) is 3.45. The van der Waals surface area contributed by atoms with Gasteiger partial charge in [-0.25, -0.2) is 4.79 Å². The molecule has 1 aromatic rings. The molecule has 23 heavy (non-hydrogen) atoms. The van der Waals surface area contributed by atoms with Crippen molar-refractivity contribution in [2.45, 2.75) is 84.0 Å². The number of esters is 1. The average molecular weight is 386 g/mol. The van der Waals surface area contributed by atoms with Gasteiger partial charge in [0.2, 0.25) is 0 Å². The van der Waals surface area contributed by atoms with Crippen LogP contribution in [0.2, 0.25) is 0 Å². The van der Waals surface area contributed by atoms with Gasteiger partial charge in [-0.15, -0.1) is 0 Å². The molecule has 0 spiro atoms. The van der Waals surface area contributed by atoms with E-state index in [-0.39, 0.29) is 5.97 Å². The second-order valence-corrected chi connectivity index (χ2v) is 7.07. The minimum atomic E-state index is -0.318. The molecule has 0 radical (unpaired) electrons. The summed E-state index contributed by atoms with van der Waals surface area (Å²) in [5.41, 5.74) is 1.69. The highest BCUT2D eigenvalue weighted by Crippen LogP contribution is 2.24. The van der Waals surface area contributed by atoms with Crippen LogP contribution in [0.15, 0.2) is 10.7 Å². The van der Waals surface area contributed by atoms with E-state index in [2.05, 4.69) is 27.8 Å². The number of rotatable bonds is 13. The Morgan fingerprint density at radius 1 is 1.00 bits per heavy atom. The SMILES string of the molecule is CCCCCCCCCCCCCc1c[nH]c(C(=O)OC)c1Br. The third-order valence-corrected chi connectivity index (χ3v) is 5.24. The summed E-state index contributed by atoms with van der Waals surface area (Å²) in [6.07, 6.45) is 17.8. The van der Waals surface area contributed by atoms with Crippen molar-refractivity contribution in [3.05, 3.63) is 21.9 Å². The molecular formula is C19H32BrNO2. The number of aromatic amines is 1. The number of aryl methyl sites for hydroxylation is 1. The van der Waals surface area contributed by atoms with Crippen LogP contribution in [0.1, 0.15) is 93.6 Å². The van der Waals surface area contributed by atoms with Crippen molar-refractivity contribution < 1.29 is 9.53 Å². The van der Waals surface area contributed by atoms with Gasteiger partial charge in [-0.1, -0.05) is 71.1 Å². The van der Waals surface area contributed by atoms with E-state index >= 15 is 0 Å². The van der Waals surface area contributed by atoms with Crippen molar-refractivity contribution >= 4 is 21.9 Å². The number of ether oxygens (including phenoxy) is 1. The van der Waals surface area contributed by atoms with E-state index in [0.29, 0.717) is 5.69 Å². The minimum Gasteiger partial charge on any atom is -0.464 e. The van der Waals surface area contributed by atoms with Crippen LogP contribution in [0, 0.1) is 0 Å². The fourth-order valence-electron chi connectivity index (χ4n) is 2.86. The molecule has 3 nitrogen and oxygen atoms in total. The second kappa shape index (κ2) is 12.6. The van der Waals surface area contributed by atoms with Gasteiger partial charge in [-0.2, -0.15) is 0 Å². The summed E-state index contributed by atoms with van der Waals surface area (Å²) in [7, 11) is 1.40. The van der Waals surface area contributed by atoms with Crippen LogP contribution in [-0.2, 0) is 11.2 Å². The first-order valence-corrected chi connectivity index (χ1v) is 9.94. The number of carbonyl (C=O) groups is 1. The molecule has 0 bridgehead atoms. The smallest absolute Gasteiger partial charge is 0.355 e. The second-order valence-electron chi connectivity index (χ2n) is 6.28. The maximum Gasteiger partial charge on any atom is 0.355 e. The minimum absolute atomic E-state index is 0.318. The highest BCUT2D eigenvalue weighted by molar-refractivity contribution is 9.10. The van der Waals surface area contributed by atoms with E-state index in [9.17, 15) is 4.79 Å². The van der Waals surface area contributed by atoms with Crippen LogP contribution >= 0.6 is 15.9 Å². The van der Waals surface area contributed by atoms with E-state index in [1.54, 1.807) is 0 Å². The highest BCUT2D eigenvalue weighted by Gasteiger charge is 2.15. The lowest BCUT2D eigenvalue weighted by Gasteiger charge is -2.03. The molecule has 1 aromatic heterocycles. The first kappa shape index (κ1) is 20.3. The Labute approximate surface area is 149 Å². The van der Waals surface area contributed by atoms with Gasteiger partial charge in [0.1, 0.15) is 5.69 Å². The molecule has 1 heterocycles. The lowest BCUT2D eigenvalue weighted by Crippen LogP contribution is -2.02. The van der Waals surface area contributed by atoms with Crippen LogP contribution in [-0.4, -0.2) is 18.1 Å². The summed E-state index contributed by atoms with van der Waals surface area (Å²) in [5.74, 6) is -0.318. The molecule has 132 valence electrons. The summed E-state index contributed by atoms with van der Waals surface area (Å²) < 4.78 is 5.60. The van der Waals surface area contributed by atoms with Crippen LogP contribution in [0.4, 0.5) is 0 Å². The molecule has 1 rings (SSSR count). The third-order valence-electron chi connectivity index (χ3n) is 4.33. The molecule has 0 saturated carbocycles. The number of methoxy groups -OCH3 is 1. The van der Waals surface area contributed by atoms with Gasteiger partial charge in [-0.05, 0) is 34.3 Å². The Morgan fingerprint density at radius 2 is 1.52 bits per heavy atom. The molecular weight excluding hydrogens is 354 g/mol. The first-order chi connectivity index (χ1) is 11.2. The van der Waals surface area contributed by atoms with Gasteiger partial charge < -0.3 is 9.72 Å². The van der Waals surface area contributed by atoms with Crippen molar-refractivity contribution in [2.75, 3.05) is 7.11 Å². The molecule has 0 aliphatic carbocycles. The molecule has 0 aliphatic rings. The number of unbranched alkanes of at least 4 members (excludes halogenated alkanes) is 10. The summed E-state index contributed by atoms with van der Waals surface area (Å²) in [6.45, 7) is 2.27. The molecule has 0 unspecified atom stereocenters. The van der Waals surface area contributed by atoms with Gasteiger partial charge in [0.15, 0.2) is 0 Å². The normalized spacial score (nSPS) is 10.9. The molecule has 0 fully saturated rings. The number of halogens is 1. The number of hydrogen-bond donors (Lipinski definition) is 1. The van der Waals surface area contributed by atoms with Crippen LogP contribution in [0.3, 0.4) is 0 Å². The van der Waals surface area contributed by atoms with Crippen molar-refractivity contribution in [1.82, 2.24) is 4.98 Å².